The molecule has 2 nitrogen and oxygen atoms in total. The number of nitrogens with one attached hydrogen (secondary N) is 1. The third kappa shape index (κ3) is 2.13. The van der Waals surface area contributed by atoms with Crippen LogP contribution in [-0.4, -0.2) is 4.98 Å². The molecule has 3 rings (SSSR count). The van der Waals surface area contributed by atoms with Crippen molar-refractivity contribution in [2.24, 2.45) is 0 Å². The Labute approximate surface area is 106 Å². The van der Waals surface area contributed by atoms with Gasteiger partial charge in [0, 0.05) is 11.9 Å². The number of aryl methyl sites for hydroxylation is 1. The van der Waals surface area contributed by atoms with Crippen molar-refractivity contribution in [2.45, 2.75) is 18.9 Å². The normalized spacial score (nSPS) is 17.8. The number of nitrogens with zero attached hydrogens (tertiary/aromatic N) is 1. The first-order chi connectivity index (χ1) is 8.33. The van der Waals surface area contributed by atoms with Crippen LogP contribution in [0.2, 0.25) is 5.15 Å². The van der Waals surface area contributed by atoms with Crippen LogP contribution in [0.15, 0.2) is 42.6 Å². The summed E-state index contributed by atoms with van der Waals surface area (Å²) in [5.41, 5.74) is 3.89. The molecule has 0 saturated carbocycles. The number of fused-ring (bicyclic) bond motifs is 1. The Morgan fingerprint density at radius 2 is 2.12 bits per heavy atom. The summed E-state index contributed by atoms with van der Waals surface area (Å²) in [5.74, 6) is 0. The highest BCUT2D eigenvalue weighted by Crippen LogP contribution is 2.33. The van der Waals surface area contributed by atoms with Gasteiger partial charge in [-0.3, -0.25) is 0 Å². The van der Waals surface area contributed by atoms with Gasteiger partial charge in [-0.2, -0.15) is 0 Å². The molecule has 1 aromatic carbocycles. The van der Waals surface area contributed by atoms with Crippen molar-refractivity contribution in [1.82, 2.24) is 4.98 Å². The number of aromatic nitrogens is 1. The maximum atomic E-state index is 5.88. The molecule has 1 aromatic heterocycles. The molecule has 86 valence electrons. The molecule has 2 aromatic rings. The third-order valence-corrected chi connectivity index (χ3v) is 3.41. The molecule has 1 N–H and O–H groups in total. The van der Waals surface area contributed by atoms with Crippen LogP contribution in [0.4, 0.5) is 5.69 Å². The maximum absolute atomic E-state index is 5.88. The van der Waals surface area contributed by atoms with E-state index in [0.29, 0.717) is 11.2 Å². The fraction of sp³-hybridized carbons (Fsp3) is 0.214. The van der Waals surface area contributed by atoms with Gasteiger partial charge in [-0.15, -0.1) is 0 Å². The monoisotopic (exact) mass is 244 g/mol. The minimum Gasteiger partial charge on any atom is -0.378 e. The van der Waals surface area contributed by atoms with Crippen LogP contribution in [-0.2, 0) is 6.42 Å². The predicted molar refractivity (Wildman–Crippen MR) is 70.4 cm³/mol. The molecule has 0 aliphatic heterocycles. The zero-order valence-electron chi connectivity index (χ0n) is 9.36. The summed E-state index contributed by atoms with van der Waals surface area (Å²) < 4.78 is 0. The Morgan fingerprint density at radius 1 is 1.24 bits per heavy atom. The largest absolute Gasteiger partial charge is 0.378 e. The SMILES string of the molecule is Clc1cc(NC2CCc3ccccc32)ccn1. The highest BCUT2D eigenvalue weighted by atomic mass is 35.5. The molecular weight excluding hydrogens is 232 g/mol. The average Bonchev–Trinajstić information content (AvgIpc) is 2.73. The van der Waals surface area contributed by atoms with Crippen LogP contribution in [0.1, 0.15) is 23.6 Å². The van der Waals surface area contributed by atoms with Gasteiger partial charge in [-0.05, 0) is 36.1 Å². The van der Waals surface area contributed by atoms with Crippen molar-refractivity contribution in [3.8, 4) is 0 Å². The van der Waals surface area contributed by atoms with E-state index in [1.165, 1.54) is 11.1 Å². The van der Waals surface area contributed by atoms with Crippen molar-refractivity contribution in [1.29, 1.82) is 0 Å². The lowest BCUT2D eigenvalue weighted by molar-refractivity contribution is 0.762. The van der Waals surface area contributed by atoms with E-state index in [1.807, 2.05) is 12.1 Å². The lowest BCUT2D eigenvalue weighted by atomic mass is 10.1. The second-order valence-electron chi connectivity index (χ2n) is 4.30. The summed E-state index contributed by atoms with van der Waals surface area (Å²) in [6.45, 7) is 0. The van der Waals surface area contributed by atoms with Gasteiger partial charge in [-0.1, -0.05) is 35.9 Å². The van der Waals surface area contributed by atoms with Crippen LogP contribution in [0.3, 0.4) is 0 Å². The second-order valence-corrected chi connectivity index (χ2v) is 4.69. The number of benzene rings is 1. The summed E-state index contributed by atoms with van der Waals surface area (Å²) in [6, 6.07) is 12.8. The number of hydrogen-bond acceptors (Lipinski definition) is 2. The molecule has 17 heavy (non-hydrogen) atoms. The molecular formula is C14H13ClN2. The van der Waals surface area contributed by atoms with Gasteiger partial charge < -0.3 is 5.32 Å². The second kappa shape index (κ2) is 4.38. The lowest BCUT2D eigenvalue weighted by Crippen LogP contribution is -2.06. The number of pyridine rings is 1. The number of hydrogen-bond donors (Lipinski definition) is 1. The van der Waals surface area contributed by atoms with Crippen molar-refractivity contribution in [3.63, 3.8) is 0 Å². The number of anilines is 1. The van der Waals surface area contributed by atoms with Gasteiger partial charge in [0.05, 0.1) is 6.04 Å². The van der Waals surface area contributed by atoms with Crippen molar-refractivity contribution in [3.05, 3.63) is 58.9 Å². The first kappa shape index (κ1) is 10.6. The molecule has 1 heterocycles. The summed E-state index contributed by atoms with van der Waals surface area (Å²) >= 11 is 5.88. The molecule has 3 heteroatoms. The van der Waals surface area contributed by atoms with Crippen molar-refractivity contribution >= 4 is 17.3 Å². The molecule has 0 fully saturated rings. The van der Waals surface area contributed by atoms with Gasteiger partial charge in [0.25, 0.3) is 0 Å². The van der Waals surface area contributed by atoms with E-state index in [0.717, 1.165) is 18.5 Å². The van der Waals surface area contributed by atoms with Gasteiger partial charge in [0.15, 0.2) is 0 Å². The Kier molecular flexibility index (Phi) is 2.73. The molecule has 0 amide bonds. The van der Waals surface area contributed by atoms with Gasteiger partial charge in [0.1, 0.15) is 5.15 Å². The van der Waals surface area contributed by atoms with Crippen molar-refractivity contribution < 1.29 is 0 Å². The molecule has 0 radical (unpaired) electrons. The van der Waals surface area contributed by atoms with E-state index in [1.54, 1.807) is 6.20 Å². The Hall–Kier alpha value is -1.54. The Morgan fingerprint density at radius 3 is 3.00 bits per heavy atom. The number of halogens is 1. The van der Waals surface area contributed by atoms with Gasteiger partial charge in [-0.25, -0.2) is 4.98 Å². The highest BCUT2D eigenvalue weighted by Gasteiger charge is 2.21. The summed E-state index contributed by atoms with van der Waals surface area (Å²) in [4.78, 5) is 3.98. The standard InChI is InChI=1S/C14H13ClN2/c15-14-9-11(7-8-16-14)17-13-6-5-10-3-1-2-4-12(10)13/h1-4,7-9,13H,5-6H2,(H,16,17). The van der Waals surface area contributed by atoms with E-state index < -0.39 is 0 Å². The number of rotatable bonds is 2. The van der Waals surface area contributed by atoms with Gasteiger partial charge >= 0.3 is 0 Å². The smallest absolute Gasteiger partial charge is 0.131 e. The average molecular weight is 245 g/mol. The van der Waals surface area contributed by atoms with Crippen LogP contribution < -0.4 is 5.32 Å². The minimum atomic E-state index is 0.393. The molecule has 0 saturated heterocycles. The molecule has 1 atom stereocenters. The first-order valence-corrected chi connectivity index (χ1v) is 6.16. The fourth-order valence-electron chi connectivity index (χ4n) is 2.40. The third-order valence-electron chi connectivity index (χ3n) is 3.20. The van der Waals surface area contributed by atoms with Crippen molar-refractivity contribution in [2.75, 3.05) is 5.32 Å². The molecule has 1 unspecified atom stereocenters. The zero-order chi connectivity index (χ0) is 11.7. The molecule has 1 aliphatic carbocycles. The fourth-order valence-corrected chi connectivity index (χ4v) is 2.57. The van der Waals surface area contributed by atoms with E-state index in [4.69, 9.17) is 11.6 Å². The van der Waals surface area contributed by atoms with Gasteiger partial charge in [0.2, 0.25) is 0 Å². The Bertz CT molecular complexity index is 539. The predicted octanol–water partition coefficient (Wildman–Crippen LogP) is 3.83. The zero-order valence-corrected chi connectivity index (χ0v) is 10.1. The van der Waals surface area contributed by atoms with Crippen LogP contribution in [0.5, 0.6) is 0 Å². The summed E-state index contributed by atoms with van der Waals surface area (Å²) in [6.07, 6.45) is 4.01. The maximum Gasteiger partial charge on any atom is 0.131 e. The highest BCUT2D eigenvalue weighted by molar-refractivity contribution is 6.29. The summed E-state index contributed by atoms with van der Waals surface area (Å²) in [7, 11) is 0. The molecule has 1 aliphatic rings. The van der Waals surface area contributed by atoms with E-state index in [-0.39, 0.29) is 0 Å². The first-order valence-electron chi connectivity index (χ1n) is 5.79. The van der Waals surface area contributed by atoms with E-state index in [9.17, 15) is 0 Å². The summed E-state index contributed by atoms with van der Waals surface area (Å²) in [5, 5.41) is 4.04. The van der Waals surface area contributed by atoms with E-state index in [2.05, 4.69) is 34.6 Å². The Balaban J connectivity index is 1.84. The quantitative estimate of drug-likeness (QED) is 0.812. The van der Waals surface area contributed by atoms with Crippen LogP contribution >= 0.6 is 11.6 Å². The van der Waals surface area contributed by atoms with E-state index >= 15 is 0 Å². The topological polar surface area (TPSA) is 24.9 Å². The molecule has 0 bridgehead atoms. The lowest BCUT2D eigenvalue weighted by Gasteiger charge is -2.15. The minimum absolute atomic E-state index is 0.393. The van der Waals surface area contributed by atoms with Crippen LogP contribution in [0, 0.1) is 0 Å². The molecule has 0 spiro atoms. The van der Waals surface area contributed by atoms with Crippen LogP contribution in [0.25, 0.3) is 0 Å².